The summed E-state index contributed by atoms with van der Waals surface area (Å²) in [6, 6.07) is 0. The van der Waals surface area contributed by atoms with Crippen LogP contribution in [0.1, 0.15) is 32.1 Å². The fourth-order valence-electron chi connectivity index (χ4n) is 2.27. The lowest BCUT2D eigenvalue weighted by molar-refractivity contribution is -0.138. The number of carboxylic acid groups (broad SMARTS) is 1. The predicted molar refractivity (Wildman–Crippen MR) is 54.5 cm³/mol. The van der Waals surface area contributed by atoms with Crippen molar-refractivity contribution in [3.63, 3.8) is 0 Å². The summed E-state index contributed by atoms with van der Waals surface area (Å²) in [7, 11) is 0. The van der Waals surface area contributed by atoms with E-state index in [4.69, 9.17) is 5.11 Å². The first-order chi connectivity index (χ1) is 7.61. The Morgan fingerprint density at radius 2 is 1.94 bits per heavy atom. The molecule has 0 bridgehead atoms. The number of ketones is 1. The maximum atomic E-state index is 11.6. The molecule has 0 aromatic heterocycles. The van der Waals surface area contributed by atoms with E-state index in [1.807, 2.05) is 0 Å². The van der Waals surface area contributed by atoms with Crippen LogP contribution in [0.3, 0.4) is 0 Å². The van der Waals surface area contributed by atoms with E-state index in [0.29, 0.717) is 18.7 Å². The lowest BCUT2D eigenvalue weighted by Crippen LogP contribution is -2.39. The van der Waals surface area contributed by atoms with Gasteiger partial charge in [-0.15, -0.1) is 0 Å². The molecular weight excluding hydrogens is 210 g/mol. The highest BCUT2D eigenvalue weighted by atomic mass is 16.4. The van der Waals surface area contributed by atoms with Crippen molar-refractivity contribution < 1.29 is 19.5 Å². The summed E-state index contributed by atoms with van der Waals surface area (Å²) in [5.41, 5.74) is 0.243. The second kappa shape index (κ2) is 4.08. The van der Waals surface area contributed by atoms with Gasteiger partial charge in [0.15, 0.2) is 5.78 Å². The minimum Gasteiger partial charge on any atom is -0.477 e. The molecule has 5 nitrogen and oxygen atoms in total. The maximum absolute atomic E-state index is 11.6. The third-order valence-corrected chi connectivity index (χ3v) is 3.02. The van der Waals surface area contributed by atoms with Crippen LogP contribution in [-0.4, -0.2) is 34.2 Å². The summed E-state index contributed by atoms with van der Waals surface area (Å²) < 4.78 is 0. The lowest BCUT2D eigenvalue weighted by atomic mass is 9.98. The van der Waals surface area contributed by atoms with E-state index in [1.54, 1.807) is 0 Å². The molecule has 0 aromatic rings. The Kier molecular flexibility index (Phi) is 2.77. The Morgan fingerprint density at radius 1 is 1.19 bits per heavy atom. The molecular formula is C11H13NO4. The number of rotatable bonds is 1. The van der Waals surface area contributed by atoms with Crippen LogP contribution in [0.5, 0.6) is 0 Å². The number of nitrogens with zero attached hydrogens (tertiary/aromatic N) is 1. The highest BCUT2D eigenvalue weighted by Gasteiger charge is 2.35. The third-order valence-electron chi connectivity index (χ3n) is 3.02. The van der Waals surface area contributed by atoms with Crippen molar-refractivity contribution in [3.05, 3.63) is 11.3 Å². The van der Waals surface area contributed by atoms with Crippen molar-refractivity contribution in [2.75, 3.05) is 6.54 Å². The van der Waals surface area contributed by atoms with Crippen molar-refractivity contribution in [1.29, 1.82) is 0 Å². The smallest absolute Gasteiger partial charge is 0.341 e. The molecule has 16 heavy (non-hydrogen) atoms. The number of allylic oxidation sites excluding steroid dienone is 1. The zero-order valence-electron chi connectivity index (χ0n) is 8.86. The van der Waals surface area contributed by atoms with Crippen molar-refractivity contribution >= 4 is 17.7 Å². The van der Waals surface area contributed by atoms with Crippen LogP contribution < -0.4 is 0 Å². The van der Waals surface area contributed by atoms with Crippen molar-refractivity contribution in [2.45, 2.75) is 32.1 Å². The Labute approximate surface area is 92.7 Å². The summed E-state index contributed by atoms with van der Waals surface area (Å²) in [5, 5.41) is 9.01. The molecule has 0 atom stereocenters. The Morgan fingerprint density at radius 3 is 2.62 bits per heavy atom. The first kappa shape index (κ1) is 10.9. The van der Waals surface area contributed by atoms with Crippen molar-refractivity contribution in [1.82, 2.24) is 4.90 Å². The molecule has 1 N–H and O–H groups in total. The van der Waals surface area contributed by atoms with Gasteiger partial charge in [0.1, 0.15) is 5.57 Å². The third kappa shape index (κ3) is 1.73. The molecule has 86 valence electrons. The van der Waals surface area contributed by atoms with Crippen LogP contribution in [0.25, 0.3) is 0 Å². The van der Waals surface area contributed by atoms with E-state index in [9.17, 15) is 14.4 Å². The van der Waals surface area contributed by atoms with E-state index in [0.717, 1.165) is 19.3 Å². The summed E-state index contributed by atoms with van der Waals surface area (Å²) in [6.45, 7) is 0.540. The SMILES string of the molecule is O=C(O)C1=C2CCCCCN2C(=O)CC1=O. The number of carboxylic acids is 1. The van der Waals surface area contributed by atoms with Crippen LogP contribution in [0, 0.1) is 0 Å². The topological polar surface area (TPSA) is 74.7 Å². The molecule has 0 aromatic carbocycles. The van der Waals surface area contributed by atoms with Gasteiger partial charge in [0.2, 0.25) is 5.91 Å². The lowest BCUT2D eigenvalue weighted by Gasteiger charge is -2.28. The molecule has 1 saturated heterocycles. The van der Waals surface area contributed by atoms with Crippen molar-refractivity contribution in [3.8, 4) is 0 Å². The van der Waals surface area contributed by atoms with Gasteiger partial charge in [-0.2, -0.15) is 0 Å². The average Bonchev–Trinajstić information content (AvgIpc) is 2.42. The van der Waals surface area contributed by atoms with E-state index < -0.39 is 11.8 Å². The standard InChI is InChI=1S/C11H13NO4/c13-8-6-9(14)12-5-3-1-2-4-7(12)10(8)11(15)16/h1-6H2,(H,15,16). The van der Waals surface area contributed by atoms with Gasteiger partial charge in [0.05, 0.1) is 6.42 Å². The number of aliphatic carboxylic acids is 1. The number of carbonyl (C=O) groups excluding carboxylic acids is 2. The van der Waals surface area contributed by atoms with E-state index >= 15 is 0 Å². The van der Waals surface area contributed by atoms with Crippen LogP contribution in [-0.2, 0) is 14.4 Å². The first-order valence-corrected chi connectivity index (χ1v) is 5.41. The molecule has 0 spiro atoms. The number of Topliss-reactive ketones (excluding diaryl/α,β-unsaturated/α-hetero) is 1. The molecule has 2 heterocycles. The number of fused-ring (bicyclic) bond motifs is 1. The van der Waals surface area contributed by atoms with Crippen LogP contribution >= 0.6 is 0 Å². The zero-order valence-corrected chi connectivity index (χ0v) is 8.86. The summed E-state index contributed by atoms with van der Waals surface area (Å²) in [4.78, 5) is 35.7. The molecule has 2 aliphatic heterocycles. The van der Waals surface area contributed by atoms with Crippen LogP contribution in [0.4, 0.5) is 0 Å². The van der Waals surface area contributed by atoms with Gasteiger partial charge in [0.25, 0.3) is 0 Å². The van der Waals surface area contributed by atoms with Crippen LogP contribution in [0.2, 0.25) is 0 Å². The molecule has 0 unspecified atom stereocenters. The summed E-state index contributed by atoms with van der Waals surface area (Å²) in [6.07, 6.45) is 2.89. The molecule has 5 heteroatoms. The Bertz CT molecular complexity index is 397. The number of carbonyl (C=O) groups is 3. The van der Waals surface area contributed by atoms with Crippen LogP contribution in [0.15, 0.2) is 11.3 Å². The van der Waals surface area contributed by atoms with Crippen molar-refractivity contribution in [2.24, 2.45) is 0 Å². The number of amides is 1. The number of hydrogen-bond acceptors (Lipinski definition) is 3. The van der Waals surface area contributed by atoms with E-state index in [2.05, 4.69) is 0 Å². The quantitative estimate of drug-likeness (QED) is 0.524. The molecule has 0 saturated carbocycles. The fourth-order valence-corrected chi connectivity index (χ4v) is 2.27. The normalized spacial score (nSPS) is 21.9. The Balaban J connectivity index is 2.48. The van der Waals surface area contributed by atoms with Gasteiger partial charge >= 0.3 is 5.97 Å². The van der Waals surface area contributed by atoms with Gasteiger partial charge in [-0.25, -0.2) is 4.79 Å². The highest BCUT2D eigenvalue weighted by Crippen LogP contribution is 2.28. The van der Waals surface area contributed by atoms with Gasteiger partial charge < -0.3 is 10.0 Å². The highest BCUT2D eigenvalue weighted by molar-refractivity contribution is 6.23. The minimum atomic E-state index is -1.21. The van der Waals surface area contributed by atoms with Gasteiger partial charge in [0, 0.05) is 12.2 Å². The van der Waals surface area contributed by atoms with E-state index in [1.165, 1.54) is 4.90 Å². The maximum Gasteiger partial charge on any atom is 0.341 e. The minimum absolute atomic E-state index is 0.179. The summed E-state index contributed by atoms with van der Waals surface area (Å²) >= 11 is 0. The molecule has 0 radical (unpaired) electrons. The average molecular weight is 223 g/mol. The van der Waals surface area contributed by atoms with E-state index in [-0.39, 0.29) is 17.9 Å². The second-order valence-corrected chi connectivity index (χ2v) is 4.08. The molecule has 1 fully saturated rings. The first-order valence-electron chi connectivity index (χ1n) is 5.41. The number of hydrogen-bond donors (Lipinski definition) is 1. The predicted octanol–water partition coefficient (Wildman–Crippen LogP) is 0.701. The van der Waals surface area contributed by atoms with Gasteiger partial charge in [-0.05, 0) is 19.3 Å². The zero-order chi connectivity index (χ0) is 11.7. The monoisotopic (exact) mass is 223 g/mol. The van der Waals surface area contributed by atoms with Gasteiger partial charge in [-0.1, -0.05) is 6.42 Å². The Hall–Kier alpha value is -1.65. The van der Waals surface area contributed by atoms with Gasteiger partial charge in [-0.3, -0.25) is 9.59 Å². The largest absolute Gasteiger partial charge is 0.477 e. The molecule has 0 aliphatic carbocycles. The molecule has 2 rings (SSSR count). The second-order valence-electron chi connectivity index (χ2n) is 4.08. The molecule has 1 amide bonds. The molecule has 2 aliphatic rings. The summed E-state index contributed by atoms with van der Waals surface area (Å²) in [5.74, 6) is -2.02. The fraction of sp³-hybridized carbons (Fsp3) is 0.545.